The van der Waals surface area contributed by atoms with Crippen LogP contribution in [-0.4, -0.2) is 32.6 Å². The Morgan fingerprint density at radius 1 is 0.893 bits per heavy atom. The van der Waals surface area contributed by atoms with Crippen LogP contribution in [0.15, 0.2) is 73.3 Å². The van der Waals surface area contributed by atoms with Crippen molar-refractivity contribution in [1.82, 2.24) is 19.5 Å². The van der Waals surface area contributed by atoms with Crippen LogP contribution in [0.4, 0.5) is 5.69 Å². The monoisotopic (exact) mass is 369 g/mol. The minimum atomic E-state index is 0.416. The van der Waals surface area contributed by atoms with Gasteiger partial charge in [0.1, 0.15) is 5.82 Å². The summed E-state index contributed by atoms with van der Waals surface area (Å²) >= 11 is 0. The number of hydrogen-bond donors (Lipinski definition) is 0. The number of imidazole rings is 1. The molecular formula is C23H23N5. The van der Waals surface area contributed by atoms with Crippen molar-refractivity contribution in [3.05, 3.63) is 84.8 Å². The third-order valence-corrected chi connectivity index (χ3v) is 5.56. The Morgan fingerprint density at radius 2 is 1.82 bits per heavy atom. The van der Waals surface area contributed by atoms with Gasteiger partial charge >= 0.3 is 0 Å². The van der Waals surface area contributed by atoms with E-state index >= 15 is 0 Å². The molecule has 0 amide bonds. The second-order valence-electron chi connectivity index (χ2n) is 7.37. The van der Waals surface area contributed by atoms with E-state index in [-0.39, 0.29) is 0 Å². The minimum Gasteiger partial charge on any atom is -0.370 e. The van der Waals surface area contributed by atoms with E-state index in [1.54, 1.807) is 0 Å². The lowest BCUT2D eigenvalue weighted by atomic mass is 9.96. The zero-order chi connectivity index (χ0) is 18.8. The highest BCUT2D eigenvalue weighted by atomic mass is 15.2. The SMILES string of the molecule is c1ccc(Cn2ccnc2C2CCCN(c3ccnc4ccccc34)C2)nc1. The highest BCUT2D eigenvalue weighted by molar-refractivity contribution is 5.91. The molecule has 3 aromatic heterocycles. The first-order chi connectivity index (χ1) is 13.9. The maximum Gasteiger partial charge on any atom is 0.113 e. The van der Waals surface area contributed by atoms with Gasteiger partial charge in [-0.15, -0.1) is 0 Å². The Morgan fingerprint density at radius 3 is 2.75 bits per heavy atom. The standard InChI is InChI=1S/C23H23N5/c1-2-9-21-20(8-1)22(10-12-25-21)27-14-5-6-18(16-27)23-26-13-15-28(23)17-19-7-3-4-11-24-19/h1-4,7-13,15,18H,5-6,14,16-17H2. The van der Waals surface area contributed by atoms with E-state index in [2.05, 4.69) is 56.0 Å². The largest absolute Gasteiger partial charge is 0.370 e. The summed E-state index contributed by atoms with van der Waals surface area (Å²) in [6.45, 7) is 2.82. The number of fused-ring (bicyclic) bond motifs is 1. The summed E-state index contributed by atoms with van der Waals surface area (Å²) in [7, 11) is 0. The Labute approximate surface area is 164 Å². The molecule has 140 valence electrons. The molecule has 28 heavy (non-hydrogen) atoms. The highest BCUT2D eigenvalue weighted by Crippen LogP contribution is 2.32. The lowest BCUT2D eigenvalue weighted by molar-refractivity contribution is 0.476. The molecule has 0 saturated carbocycles. The van der Waals surface area contributed by atoms with Gasteiger partial charge in [0.2, 0.25) is 0 Å². The van der Waals surface area contributed by atoms with Gasteiger partial charge in [0.15, 0.2) is 0 Å². The molecule has 1 aliphatic rings. The number of hydrogen-bond acceptors (Lipinski definition) is 4. The van der Waals surface area contributed by atoms with Crippen molar-refractivity contribution in [1.29, 1.82) is 0 Å². The lowest BCUT2D eigenvalue weighted by Gasteiger charge is -2.35. The molecule has 5 rings (SSSR count). The predicted molar refractivity (Wildman–Crippen MR) is 111 cm³/mol. The second-order valence-corrected chi connectivity index (χ2v) is 7.37. The van der Waals surface area contributed by atoms with E-state index < -0.39 is 0 Å². The molecule has 0 N–H and O–H groups in total. The molecule has 0 bridgehead atoms. The van der Waals surface area contributed by atoms with Crippen LogP contribution in [0.2, 0.25) is 0 Å². The number of rotatable bonds is 4. The maximum absolute atomic E-state index is 4.72. The topological polar surface area (TPSA) is 46.8 Å². The molecule has 1 atom stereocenters. The van der Waals surface area contributed by atoms with Crippen LogP contribution in [0.5, 0.6) is 0 Å². The zero-order valence-corrected chi connectivity index (χ0v) is 15.8. The summed E-state index contributed by atoms with van der Waals surface area (Å²) in [5.41, 5.74) is 3.39. The fourth-order valence-electron chi connectivity index (χ4n) is 4.24. The average molecular weight is 369 g/mol. The van der Waals surface area contributed by atoms with Gasteiger partial charge < -0.3 is 9.47 Å². The first kappa shape index (κ1) is 16.9. The summed E-state index contributed by atoms with van der Waals surface area (Å²) in [6.07, 6.45) is 10.1. The molecule has 1 fully saturated rings. The highest BCUT2D eigenvalue weighted by Gasteiger charge is 2.26. The molecule has 5 nitrogen and oxygen atoms in total. The Hall–Kier alpha value is -3.21. The van der Waals surface area contributed by atoms with Crippen molar-refractivity contribution < 1.29 is 0 Å². The summed E-state index contributed by atoms with van der Waals surface area (Å²) in [5.74, 6) is 1.58. The third kappa shape index (κ3) is 3.24. The molecule has 5 heteroatoms. The van der Waals surface area contributed by atoms with Crippen molar-refractivity contribution >= 4 is 16.6 Å². The minimum absolute atomic E-state index is 0.416. The number of anilines is 1. The smallest absolute Gasteiger partial charge is 0.113 e. The number of benzene rings is 1. The number of pyridine rings is 2. The summed E-state index contributed by atoms with van der Waals surface area (Å²) in [4.78, 5) is 16.2. The Balaban J connectivity index is 1.42. The summed E-state index contributed by atoms with van der Waals surface area (Å²) in [5, 5.41) is 1.22. The molecular weight excluding hydrogens is 346 g/mol. The summed E-state index contributed by atoms with van der Waals surface area (Å²) < 4.78 is 2.25. The summed E-state index contributed by atoms with van der Waals surface area (Å²) in [6, 6.07) is 16.6. The van der Waals surface area contributed by atoms with Crippen molar-refractivity contribution in [3.8, 4) is 0 Å². The van der Waals surface area contributed by atoms with E-state index in [4.69, 9.17) is 4.98 Å². The number of piperidine rings is 1. The van der Waals surface area contributed by atoms with Crippen LogP contribution >= 0.6 is 0 Å². The van der Waals surface area contributed by atoms with Crippen molar-refractivity contribution in [3.63, 3.8) is 0 Å². The van der Waals surface area contributed by atoms with E-state index in [0.717, 1.165) is 43.1 Å². The lowest BCUT2D eigenvalue weighted by Crippen LogP contribution is -2.35. The zero-order valence-electron chi connectivity index (χ0n) is 15.8. The maximum atomic E-state index is 4.72. The molecule has 1 aromatic carbocycles. The van der Waals surface area contributed by atoms with Crippen LogP contribution in [-0.2, 0) is 6.54 Å². The van der Waals surface area contributed by atoms with Gasteiger partial charge in [-0.2, -0.15) is 0 Å². The van der Waals surface area contributed by atoms with Crippen LogP contribution in [0, 0.1) is 0 Å². The normalized spacial score (nSPS) is 17.1. The number of para-hydroxylation sites is 1. The molecule has 0 spiro atoms. The fraction of sp³-hybridized carbons (Fsp3) is 0.261. The van der Waals surface area contributed by atoms with Crippen LogP contribution in [0.25, 0.3) is 10.9 Å². The first-order valence-corrected chi connectivity index (χ1v) is 9.88. The second kappa shape index (κ2) is 7.43. The quantitative estimate of drug-likeness (QED) is 0.539. The molecule has 1 saturated heterocycles. The van der Waals surface area contributed by atoms with E-state index in [1.165, 1.54) is 17.5 Å². The van der Waals surface area contributed by atoms with Crippen molar-refractivity contribution in [2.75, 3.05) is 18.0 Å². The molecule has 0 radical (unpaired) electrons. The average Bonchev–Trinajstić information content (AvgIpc) is 3.22. The molecule has 4 heterocycles. The van der Waals surface area contributed by atoms with Gasteiger partial charge in [-0.25, -0.2) is 4.98 Å². The number of aromatic nitrogens is 4. The van der Waals surface area contributed by atoms with E-state index in [9.17, 15) is 0 Å². The van der Waals surface area contributed by atoms with Crippen molar-refractivity contribution in [2.45, 2.75) is 25.3 Å². The predicted octanol–water partition coefficient (Wildman–Crippen LogP) is 4.26. The Bertz CT molecular complexity index is 1070. The van der Waals surface area contributed by atoms with E-state index in [1.807, 2.05) is 36.8 Å². The van der Waals surface area contributed by atoms with Gasteiger partial charge in [0.05, 0.1) is 17.8 Å². The van der Waals surface area contributed by atoms with Gasteiger partial charge in [0, 0.05) is 54.9 Å². The van der Waals surface area contributed by atoms with Gasteiger partial charge in [-0.3, -0.25) is 9.97 Å². The molecule has 4 aromatic rings. The number of nitrogens with zero attached hydrogens (tertiary/aromatic N) is 5. The van der Waals surface area contributed by atoms with Gasteiger partial charge in [-0.05, 0) is 37.1 Å². The van der Waals surface area contributed by atoms with Gasteiger partial charge in [-0.1, -0.05) is 24.3 Å². The third-order valence-electron chi connectivity index (χ3n) is 5.56. The fourth-order valence-corrected chi connectivity index (χ4v) is 4.24. The first-order valence-electron chi connectivity index (χ1n) is 9.88. The van der Waals surface area contributed by atoms with Crippen LogP contribution < -0.4 is 4.90 Å². The molecule has 0 aliphatic carbocycles. The molecule has 1 aliphatic heterocycles. The van der Waals surface area contributed by atoms with E-state index in [0.29, 0.717) is 5.92 Å². The van der Waals surface area contributed by atoms with Crippen LogP contribution in [0.1, 0.15) is 30.3 Å². The van der Waals surface area contributed by atoms with Gasteiger partial charge in [0.25, 0.3) is 0 Å². The Kier molecular flexibility index (Phi) is 4.49. The molecule has 1 unspecified atom stereocenters. The van der Waals surface area contributed by atoms with Crippen LogP contribution in [0.3, 0.4) is 0 Å². The van der Waals surface area contributed by atoms with Crippen molar-refractivity contribution in [2.24, 2.45) is 0 Å².